The van der Waals surface area contributed by atoms with Gasteiger partial charge in [-0.05, 0) is 52.0 Å². The SMILES string of the molecule is Cc1ncnc(C)c1C(=O)N1CCC(C)(N2CCC(N3C(=O)NC[C@H]3c3ccccc3)CC2)CC1. The summed E-state index contributed by atoms with van der Waals surface area (Å²) in [5.41, 5.74) is 3.42. The highest BCUT2D eigenvalue weighted by Gasteiger charge is 2.42. The van der Waals surface area contributed by atoms with Crippen molar-refractivity contribution in [3.63, 3.8) is 0 Å². The molecule has 3 aliphatic rings. The van der Waals surface area contributed by atoms with E-state index in [0.29, 0.717) is 12.1 Å². The van der Waals surface area contributed by atoms with E-state index in [1.165, 1.54) is 11.9 Å². The van der Waals surface area contributed by atoms with Crippen LogP contribution in [0.2, 0.25) is 0 Å². The molecular weight excluding hydrogens is 440 g/mol. The highest BCUT2D eigenvalue weighted by Crippen LogP contribution is 2.35. The van der Waals surface area contributed by atoms with Gasteiger partial charge in [0, 0.05) is 44.3 Å². The van der Waals surface area contributed by atoms with Gasteiger partial charge in [0.2, 0.25) is 0 Å². The van der Waals surface area contributed by atoms with E-state index >= 15 is 0 Å². The summed E-state index contributed by atoms with van der Waals surface area (Å²) in [5, 5.41) is 3.06. The van der Waals surface area contributed by atoms with Crippen molar-refractivity contribution in [1.82, 2.24) is 30.0 Å². The Balaban J connectivity index is 1.19. The number of benzene rings is 1. The van der Waals surface area contributed by atoms with Gasteiger partial charge in [0.1, 0.15) is 6.33 Å². The molecule has 1 N–H and O–H groups in total. The van der Waals surface area contributed by atoms with E-state index in [4.69, 9.17) is 0 Å². The third kappa shape index (κ3) is 4.51. The monoisotopic (exact) mass is 476 g/mol. The van der Waals surface area contributed by atoms with Crippen LogP contribution in [0.5, 0.6) is 0 Å². The average molecular weight is 477 g/mol. The van der Waals surface area contributed by atoms with Gasteiger partial charge in [0.25, 0.3) is 5.91 Å². The Morgan fingerprint density at radius 2 is 1.63 bits per heavy atom. The number of aromatic nitrogens is 2. The first-order valence-corrected chi connectivity index (χ1v) is 12.8. The molecule has 0 saturated carbocycles. The van der Waals surface area contributed by atoms with Crippen molar-refractivity contribution in [1.29, 1.82) is 0 Å². The number of rotatable bonds is 4. The number of carbonyl (C=O) groups excluding carboxylic acids is 2. The third-order valence-electron chi connectivity index (χ3n) is 8.39. The Bertz CT molecular complexity index is 1050. The van der Waals surface area contributed by atoms with Crippen molar-refractivity contribution < 1.29 is 9.59 Å². The summed E-state index contributed by atoms with van der Waals surface area (Å²) in [5.74, 6) is 0.0494. The molecule has 1 aromatic carbocycles. The molecule has 3 amide bonds. The third-order valence-corrected chi connectivity index (χ3v) is 8.39. The lowest BCUT2D eigenvalue weighted by Crippen LogP contribution is -2.58. The number of hydrogen-bond acceptors (Lipinski definition) is 5. The van der Waals surface area contributed by atoms with Crippen LogP contribution in [-0.4, -0.2) is 80.9 Å². The molecule has 3 saturated heterocycles. The van der Waals surface area contributed by atoms with Crippen molar-refractivity contribution in [2.45, 2.75) is 64.1 Å². The van der Waals surface area contributed by atoms with Gasteiger partial charge in [0.15, 0.2) is 0 Å². The number of likely N-dealkylation sites (tertiary alicyclic amines) is 2. The summed E-state index contributed by atoms with van der Waals surface area (Å²) in [6.45, 7) is 10.2. The van der Waals surface area contributed by atoms with Crippen molar-refractivity contribution in [3.8, 4) is 0 Å². The molecule has 5 rings (SSSR count). The second kappa shape index (κ2) is 9.57. The highest BCUT2D eigenvalue weighted by molar-refractivity contribution is 5.96. The summed E-state index contributed by atoms with van der Waals surface area (Å²) >= 11 is 0. The van der Waals surface area contributed by atoms with Crippen molar-refractivity contribution >= 4 is 11.9 Å². The molecule has 35 heavy (non-hydrogen) atoms. The lowest BCUT2D eigenvalue weighted by atomic mass is 9.85. The number of nitrogens with one attached hydrogen (secondary N) is 1. The van der Waals surface area contributed by atoms with Crippen LogP contribution >= 0.6 is 0 Å². The second-order valence-corrected chi connectivity index (χ2v) is 10.4. The Morgan fingerprint density at radius 3 is 2.26 bits per heavy atom. The fourth-order valence-electron chi connectivity index (χ4n) is 6.14. The molecule has 2 aromatic rings. The molecule has 3 aliphatic heterocycles. The maximum atomic E-state index is 13.2. The van der Waals surface area contributed by atoms with E-state index in [0.717, 1.165) is 63.3 Å². The van der Waals surface area contributed by atoms with Crippen LogP contribution in [0.3, 0.4) is 0 Å². The van der Waals surface area contributed by atoms with Gasteiger partial charge >= 0.3 is 6.03 Å². The first kappa shape index (κ1) is 23.7. The standard InChI is InChI=1S/C27H36N6O2/c1-19-24(20(2)30-18-29-19)25(34)31-15-11-27(3,12-16-31)32-13-9-22(10-14-32)33-23(17-28-26(33)35)21-7-5-4-6-8-21/h4-8,18,22-23H,9-17H2,1-3H3,(H,28,35)/t23-/m0/s1. The van der Waals surface area contributed by atoms with Crippen LogP contribution in [-0.2, 0) is 0 Å². The Morgan fingerprint density at radius 1 is 1.00 bits per heavy atom. The summed E-state index contributed by atoms with van der Waals surface area (Å²) in [4.78, 5) is 41.0. The minimum Gasteiger partial charge on any atom is -0.338 e. The highest BCUT2D eigenvalue weighted by atomic mass is 16.2. The number of urea groups is 1. The lowest BCUT2D eigenvalue weighted by molar-refractivity contribution is 0.00507. The van der Waals surface area contributed by atoms with Gasteiger partial charge in [-0.15, -0.1) is 0 Å². The van der Waals surface area contributed by atoms with E-state index in [-0.39, 0.29) is 29.6 Å². The van der Waals surface area contributed by atoms with Gasteiger partial charge in [-0.3, -0.25) is 9.69 Å². The molecule has 0 unspecified atom stereocenters. The van der Waals surface area contributed by atoms with Crippen LogP contribution in [0.4, 0.5) is 4.79 Å². The second-order valence-electron chi connectivity index (χ2n) is 10.4. The van der Waals surface area contributed by atoms with Crippen LogP contribution in [0, 0.1) is 13.8 Å². The number of nitrogens with zero attached hydrogens (tertiary/aromatic N) is 5. The van der Waals surface area contributed by atoms with Crippen LogP contribution in [0.15, 0.2) is 36.7 Å². The van der Waals surface area contributed by atoms with Crippen molar-refractivity contribution in [2.24, 2.45) is 0 Å². The van der Waals surface area contributed by atoms with E-state index < -0.39 is 0 Å². The minimum atomic E-state index is 0.0494. The quantitative estimate of drug-likeness (QED) is 0.732. The molecule has 8 heteroatoms. The smallest absolute Gasteiger partial charge is 0.318 e. The number of amides is 3. The largest absolute Gasteiger partial charge is 0.338 e. The van der Waals surface area contributed by atoms with Crippen LogP contribution in [0.25, 0.3) is 0 Å². The summed E-state index contributed by atoms with van der Waals surface area (Å²) in [6, 6.07) is 10.8. The zero-order valence-corrected chi connectivity index (χ0v) is 21.0. The van der Waals surface area contributed by atoms with Gasteiger partial charge < -0.3 is 15.1 Å². The molecule has 0 aliphatic carbocycles. The summed E-state index contributed by atoms with van der Waals surface area (Å²) < 4.78 is 0. The lowest BCUT2D eigenvalue weighted by Gasteiger charge is -2.50. The predicted octanol–water partition coefficient (Wildman–Crippen LogP) is 3.32. The predicted molar refractivity (Wildman–Crippen MR) is 134 cm³/mol. The van der Waals surface area contributed by atoms with Gasteiger partial charge in [0.05, 0.1) is 23.0 Å². The molecule has 0 radical (unpaired) electrons. The zero-order chi connectivity index (χ0) is 24.6. The molecule has 8 nitrogen and oxygen atoms in total. The number of aryl methyl sites for hydroxylation is 2. The first-order chi connectivity index (χ1) is 16.9. The minimum absolute atomic E-state index is 0.0494. The van der Waals surface area contributed by atoms with Crippen LogP contribution < -0.4 is 5.32 Å². The molecule has 1 atom stereocenters. The molecule has 186 valence electrons. The number of carbonyl (C=O) groups is 2. The Kier molecular flexibility index (Phi) is 6.49. The summed E-state index contributed by atoms with van der Waals surface area (Å²) in [6.07, 6.45) is 5.38. The van der Waals surface area contributed by atoms with Crippen molar-refractivity contribution in [2.75, 3.05) is 32.7 Å². The maximum absolute atomic E-state index is 13.2. The Labute approximate surface area is 207 Å². The number of piperidine rings is 2. The maximum Gasteiger partial charge on any atom is 0.318 e. The first-order valence-electron chi connectivity index (χ1n) is 12.8. The zero-order valence-electron chi connectivity index (χ0n) is 21.0. The molecule has 1 aromatic heterocycles. The average Bonchev–Trinajstić information content (AvgIpc) is 3.26. The molecule has 0 bridgehead atoms. The normalized spacial score (nSPS) is 23.4. The Hall–Kier alpha value is -3.00. The summed E-state index contributed by atoms with van der Waals surface area (Å²) in [7, 11) is 0. The van der Waals surface area contributed by atoms with E-state index in [1.54, 1.807) is 0 Å². The van der Waals surface area contributed by atoms with E-state index in [1.807, 2.05) is 36.9 Å². The topological polar surface area (TPSA) is 81.7 Å². The molecule has 4 heterocycles. The number of hydrogen-bond donors (Lipinski definition) is 1. The fourth-order valence-corrected chi connectivity index (χ4v) is 6.14. The van der Waals surface area contributed by atoms with Crippen LogP contribution in [0.1, 0.15) is 66.0 Å². The van der Waals surface area contributed by atoms with Gasteiger partial charge in [-0.2, -0.15) is 0 Å². The molecule has 0 spiro atoms. The van der Waals surface area contributed by atoms with Gasteiger partial charge in [-0.1, -0.05) is 30.3 Å². The van der Waals surface area contributed by atoms with Gasteiger partial charge in [-0.25, -0.2) is 14.8 Å². The fraction of sp³-hybridized carbons (Fsp3) is 0.556. The molecule has 3 fully saturated rings. The van der Waals surface area contributed by atoms with E-state index in [2.05, 4.69) is 44.1 Å². The molecular formula is C27H36N6O2. The van der Waals surface area contributed by atoms with E-state index in [9.17, 15) is 9.59 Å². The van der Waals surface area contributed by atoms with Crippen molar-refractivity contribution in [3.05, 3.63) is 59.2 Å².